The van der Waals surface area contributed by atoms with Gasteiger partial charge in [0.05, 0.1) is 5.69 Å². The molecule has 0 spiro atoms. The van der Waals surface area contributed by atoms with E-state index in [1.807, 2.05) is 0 Å². The molecule has 118 valence electrons. The molecule has 4 heteroatoms. The summed E-state index contributed by atoms with van der Waals surface area (Å²) in [6.07, 6.45) is 8.75. The van der Waals surface area contributed by atoms with Gasteiger partial charge in [-0.3, -0.25) is 9.58 Å². The van der Waals surface area contributed by atoms with Crippen LogP contribution in [-0.2, 0) is 6.54 Å². The topological polar surface area (TPSA) is 33.1 Å². The van der Waals surface area contributed by atoms with Crippen molar-refractivity contribution < 1.29 is 0 Å². The van der Waals surface area contributed by atoms with Crippen molar-refractivity contribution in [1.29, 1.82) is 0 Å². The average molecular weight is 290 g/mol. The maximum atomic E-state index is 4.73. The van der Waals surface area contributed by atoms with Gasteiger partial charge in [0, 0.05) is 24.8 Å². The minimum absolute atomic E-state index is 0.512. The molecule has 0 bridgehead atoms. The number of nitrogens with zero attached hydrogens (tertiary/aromatic N) is 3. The predicted molar refractivity (Wildman–Crippen MR) is 86.3 cm³/mol. The lowest BCUT2D eigenvalue weighted by atomic mass is 9.88. The summed E-state index contributed by atoms with van der Waals surface area (Å²) in [5.74, 6) is 0.904. The van der Waals surface area contributed by atoms with Gasteiger partial charge in [-0.05, 0) is 70.6 Å². The fourth-order valence-electron chi connectivity index (χ4n) is 3.75. The molecule has 21 heavy (non-hydrogen) atoms. The van der Waals surface area contributed by atoms with Crippen LogP contribution in [0.5, 0.6) is 0 Å². The molecule has 2 saturated heterocycles. The average Bonchev–Trinajstić information content (AvgIpc) is 3.18. The van der Waals surface area contributed by atoms with E-state index in [9.17, 15) is 0 Å². The number of piperidine rings is 1. The number of hydrogen-bond acceptors (Lipinski definition) is 3. The zero-order valence-electron chi connectivity index (χ0n) is 13.6. The highest BCUT2D eigenvalue weighted by atomic mass is 15.3. The van der Waals surface area contributed by atoms with Gasteiger partial charge in [0.2, 0.25) is 0 Å². The van der Waals surface area contributed by atoms with Crippen molar-refractivity contribution in [2.45, 2.75) is 64.6 Å². The molecule has 3 heterocycles. The molecule has 2 fully saturated rings. The van der Waals surface area contributed by atoms with E-state index in [1.165, 1.54) is 51.0 Å². The van der Waals surface area contributed by atoms with Crippen LogP contribution in [0.2, 0.25) is 0 Å². The van der Waals surface area contributed by atoms with Crippen LogP contribution < -0.4 is 5.32 Å². The summed E-state index contributed by atoms with van der Waals surface area (Å²) in [6, 6.07) is 3.51. The molecule has 0 aromatic carbocycles. The van der Waals surface area contributed by atoms with Crippen LogP contribution in [-0.4, -0.2) is 40.4 Å². The number of aromatic nitrogens is 2. The third kappa shape index (κ3) is 3.67. The second kappa shape index (κ2) is 6.93. The third-order valence-corrected chi connectivity index (χ3v) is 5.39. The Morgan fingerprint density at radius 2 is 2.14 bits per heavy atom. The van der Waals surface area contributed by atoms with E-state index < -0.39 is 0 Å². The standard InChI is InChI=1S/C17H30N4/c1-3-14(2)21-12-8-16(19-21)13-20-10-6-15(7-11-20)17-5-4-9-18-17/h8,12,14-15,17-18H,3-7,9-11,13H2,1-2H3. The molecule has 4 nitrogen and oxygen atoms in total. The Hall–Kier alpha value is -0.870. The first-order valence-corrected chi connectivity index (χ1v) is 8.76. The first kappa shape index (κ1) is 15.0. The van der Waals surface area contributed by atoms with Gasteiger partial charge in [0.1, 0.15) is 0 Å². The molecular weight excluding hydrogens is 260 g/mol. The maximum absolute atomic E-state index is 4.73. The van der Waals surface area contributed by atoms with Gasteiger partial charge in [-0.1, -0.05) is 6.92 Å². The van der Waals surface area contributed by atoms with Crippen LogP contribution in [0, 0.1) is 5.92 Å². The number of likely N-dealkylation sites (tertiary alicyclic amines) is 1. The van der Waals surface area contributed by atoms with Gasteiger partial charge < -0.3 is 5.32 Å². The lowest BCUT2D eigenvalue weighted by Gasteiger charge is -2.34. The molecule has 2 unspecified atom stereocenters. The predicted octanol–water partition coefficient (Wildman–Crippen LogP) is 2.82. The van der Waals surface area contributed by atoms with Crippen molar-refractivity contribution >= 4 is 0 Å². The Morgan fingerprint density at radius 1 is 1.33 bits per heavy atom. The largest absolute Gasteiger partial charge is 0.314 e. The molecule has 2 aliphatic heterocycles. The van der Waals surface area contributed by atoms with Crippen LogP contribution in [0.1, 0.15) is 57.7 Å². The highest BCUT2D eigenvalue weighted by Crippen LogP contribution is 2.26. The van der Waals surface area contributed by atoms with Crippen LogP contribution in [0.15, 0.2) is 12.3 Å². The lowest BCUT2D eigenvalue weighted by molar-refractivity contribution is 0.155. The normalized spacial score (nSPS) is 26.3. The third-order valence-electron chi connectivity index (χ3n) is 5.39. The Bertz CT molecular complexity index is 428. The van der Waals surface area contributed by atoms with Gasteiger partial charge in [-0.15, -0.1) is 0 Å². The molecule has 0 aliphatic carbocycles. The van der Waals surface area contributed by atoms with Crippen molar-refractivity contribution in [1.82, 2.24) is 20.0 Å². The SMILES string of the molecule is CCC(C)n1ccc(CN2CCC(C3CCCN3)CC2)n1. The Labute approximate surface area is 128 Å². The Balaban J connectivity index is 1.47. The van der Waals surface area contributed by atoms with Gasteiger partial charge in [-0.2, -0.15) is 5.10 Å². The van der Waals surface area contributed by atoms with Gasteiger partial charge in [-0.25, -0.2) is 0 Å². The molecule has 2 atom stereocenters. The van der Waals surface area contributed by atoms with Crippen molar-refractivity contribution in [3.05, 3.63) is 18.0 Å². The molecule has 0 amide bonds. The van der Waals surface area contributed by atoms with Gasteiger partial charge >= 0.3 is 0 Å². The molecule has 2 aliphatic rings. The summed E-state index contributed by atoms with van der Waals surface area (Å²) in [5, 5.41) is 8.41. The van der Waals surface area contributed by atoms with E-state index in [0.717, 1.165) is 24.9 Å². The van der Waals surface area contributed by atoms with Crippen LogP contribution in [0.4, 0.5) is 0 Å². The van der Waals surface area contributed by atoms with E-state index in [2.05, 4.69) is 41.0 Å². The molecule has 3 rings (SSSR count). The first-order valence-electron chi connectivity index (χ1n) is 8.76. The minimum Gasteiger partial charge on any atom is -0.314 e. The summed E-state index contributed by atoms with van der Waals surface area (Å²) in [5.41, 5.74) is 1.23. The maximum Gasteiger partial charge on any atom is 0.0764 e. The van der Waals surface area contributed by atoms with Crippen molar-refractivity contribution in [2.24, 2.45) is 5.92 Å². The van der Waals surface area contributed by atoms with Gasteiger partial charge in [0.25, 0.3) is 0 Å². The molecule has 0 radical (unpaired) electrons. The van der Waals surface area contributed by atoms with Crippen molar-refractivity contribution in [3.8, 4) is 0 Å². The number of hydrogen-bond donors (Lipinski definition) is 1. The fourth-order valence-corrected chi connectivity index (χ4v) is 3.75. The highest BCUT2D eigenvalue weighted by Gasteiger charge is 2.28. The summed E-state index contributed by atoms with van der Waals surface area (Å²) in [6.45, 7) is 9.18. The van der Waals surface area contributed by atoms with Crippen LogP contribution in [0.3, 0.4) is 0 Å². The summed E-state index contributed by atoms with van der Waals surface area (Å²) in [7, 11) is 0. The first-order chi connectivity index (χ1) is 10.3. The summed E-state index contributed by atoms with van der Waals surface area (Å²) in [4.78, 5) is 2.58. The molecule has 1 aromatic heterocycles. The second-order valence-corrected chi connectivity index (χ2v) is 6.86. The van der Waals surface area contributed by atoms with Crippen LogP contribution in [0.25, 0.3) is 0 Å². The smallest absolute Gasteiger partial charge is 0.0764 e. The van der Waals surface area contributed by atoms with E-state index in [1.54, 1.807) is 0 Å². The zero-order valence-corrected chi connectivity index (χ0v) is 13.6. The van der Waals surface area contributed by atoms with Crippen LogP contribution >= 0.6 is 0 Å². The van der Waals surface area contributed by atoms with Crippen molar-refractivity contribution in [2.75, 3.05) is 19.6 Å². The van der Waals surface area contributed by atoms with Gasteiger partial charge in [0.15, 0.2) is 0 Å². The van der Waals surface area contributed by atoms with E-state index in [0.29, 0.717) is 6.04 Å². The van der Waals surface area contributed by atoms with Crippen molar-refractivity contribution in [3.63, 3.8) is 0 Å². The fraction of sp³-hybridized carbons (Fsp3) is 0.824. The van der Waals surface area contributed by atoms with E-state index in [4.69, 9.17) is 5.10 Å². The zero-order chi connectivity index (χ0) is 14.7. The summed E-state index contributed by atoms with van der Waals surface area (Å²) >= 11 is 0. The molecule has 1 aromatic rings. The quantitative estimate of drug-likeness (QED) is 0.905. The lowest BCUT2D eigenvalue weighted by Crippen LogP contribution is -2.40. The van der Waals surface area contributed by atoms with E-state index in [-0.39, 0.29) is 0 Å². The molecular formula is C17H30N4. The van der Waals surface area contributed by atoms with E-state index >= 15 is 0 Å². The Morgan fingerprint density at radius 3 is 2.81 bits per heavy atom. The Kier molecular flexibility index (Phi) is 4.96. The second-order valence-electron chi connectivity index (χ2n) is 6.86. The summed E-state index contributed by atoms with van der Waals surface area (Å²) < 4.78 is 2.12. The molecule has 0 saturated carbocycles. The highest BCUT2D eigenvalue weighted by molar-refractivity contribution is 5.00. The molecule has 1 N–H and O–H groups in total. The number of rotatable bonds is 5. The minimum atomic E-state index is 0.512. The monoisotopic (exact) mass is 290 g/mol. The number of nitrogens with one attached hydrogen (secondary N) is 1.